The molecule has 0 atom stereocenters. The van der Waals surface area contributed by atoms with E-state index in [0.29, 0.717) is 0 Å². The van der Waals surface area contributed by atoms with Gasteiger partial charge in [0.1, 0.15) is 5.69 Å². The van der Waals surface area contributed by atoms with Gasteiger partial charge in [-0.05, 0) is 28.7 Å². The van der Waals surface area contributed by atoms with Crippen LogP contribution in [-0.2, 0) is 6.42 Å². The zero-order valence-electron chi connectivity index (χ0n) is 6.77. The van der Waals surface area contributed by atoms with Gasteiger partial charge in [0.15, 0.2) is 5.82 Å². The van der Waals surface area contributed by atoms with Crippen molar-refractivity contribution < 1.29 is 13.2 Å². The fourth-order valence-corrected chi connectivity index (χ4v) is 1.52. The smallest absolute Gasteiger partial charge is 0.248 e. The maximum absolute atomic E-state index is 13.0. The van der Waals surface area contributed by atoms with E-state index in [1.54, 1.807) is 28.7 Å². The summed E-state index contributed by atoms with van der Waals surface area (Å²) in [6, 6.07) is 3.05. The molecule has 0 radical (unpaired) electrons. The van der Waals surface area contributed by atoms with Crippen LogP contribution in [0.1, 0.15) is 17.8 Å². The van der Waals surface area contributed by atoms with E-state index in [-0.39, 0.29) is 15.7 Å². The summed E-state index contributed by atoms with van der Waals surface area (Å²) >= 11 is 1.59. The summed E-state index contributed by atoms with van der Waals surface area (Å²) < 4.78 is 37.6. The molecular formula is C8H4F3IN2. The van der Waals surface area contributed by atoms with Crippen LogP contribution < -0.4 is 0 Å². The molecule has 6 heteroatoms. The first-order valence-electron chi connectivity index (χ1n) is 3.56. The van der Waals surface area contributed by atoms with Crippen LogP contribution >= 0.6 is 22.6 Å². The third-order valence-electron chi connectivity index (χ3n) is 1.46. The minimum atomic E-state index is -2.96. The first-order chi connectivity index (χ1) is 6.56. The molecule has 0 saturated carbocycles. The number of hydrogen-bond acceptors (Lipinski definition) is 2. The van der Waals surface area contributed by atoms with Gasteiger partial charge in [0.05, 0.1) is 21.8 Å². The molecule has 0 bridgehead atoms. The van der Waals surface area contributed by atoms with E-state index < -0.39 is 17.9 Å². The van der Waals surface area contributed by atoms with Crippen molar-refractivity contribution in [2.45, 2.75) is 12.8 Å². The van der Waals surface area contributed by atoms with Crippen molar-refractivity contribution >= 4 is 22.6 Å². The summed E-state index contributed by atoms with van der Waals surface area (Å²) in [7, 11) is 0. The summed E-state index contributed by atoms with van der Waals surface area (Å²) in [5.41, 5.74) is -0.726. The quantitative estimate of drug-likeness (QED) is 0.788. The molecule has 0 aliphatic rings. The molecule has 0 saturated heterocycles. The molecule has 0 spiro atoms. The lowest BCUT2D eigenvalue weighted by Crippen LogP contribution is -2.02. The average molecular weight is 312 g/mol. The second kappa shape index (κ2) is 4.59. The van der Waals surface area contributed by atoms with E-state index in [2.05, 4.69) is 4.98 Å². The number of rotatable bonds is 2. The lowest BCUT2D eigenvalue weighted by molar-refractivity contribution is 0.140. The molecule has 2 nitrogen and oxygen atoms in total. The molecule has 1 rings (SSSR count). The van der Waals surface area contributed by atoms with Crippen LogP contribution in [0.15, 0.2) is 6.07 Å². The summed E-state index contributed by atoms with van der Waals surface area (Å²) in [5, 5.41) is 8.34. The van der Waals surface area contributed by atoms with E-state index in [9.17, 15) is 13.2 Å². The van der Waals surface area contributed by atoms with Gasteiger partial charge in [-0.2, -0.15) is 5.26 Å². The molecule has 0 aliphatic heterocycles. The van der Waals surface area contributed by atoms with Crippen molar-refractivity contribution in [3.8, 4) is 6.07 Å². The minimum Gasteiger partial charge on any atom is -0.248 e. The molecule has 1 aromatic heterocycles. The normalized spacial score (nSPS) is 10.3. The Bertz CT molecular complexity index is 387. The Balaban J connectivity index is 3.22. The van der Waals surface area contributed by atoms with Gasteiger partial charge >= 0.3 is 0 Å². The Morgan fingerprint density at radius 2 is 2.21 bits per heavy atom. The molecule has 14 heavy (non-hydrogen) atoms. The highest BCUT2D eigenvalue weighted by atomic mass is 127. The molecule has 1 aromatic rings. The highest BCUT2D eigenvalue weighted by Crippen LogP contribution is 2.24. The summed E-state index contributed by atoms with van der Waals surface area (Å²) in [5.74, 6) is -1.01. The average Bonchev–Trinajstić information content (AvgIpc) is 2.11. The summed E-state index contributed by atoms with van der Waals surface area (Å²) in [6.45, 7) is 0. The first kappa shape index (κ1) is 11.2. The van der Waals surface area contributed by atoms with Crippen LogP contribution in [0.4, 0.5) is 13.2 Å². The Hall–Kier alpha value is -0.840. The van der Waals surface area contributed by atoms with E-state index in [0.717, 1.165) is 0 Å². The monoisotopic (exact) mass is 312 g/mol. The lowest BCUT2D eigenvalue weighted by atomic mass is 10.2. The fourth-order valence-electron chi connectivity index (χ4n) is 0.884. The standard InChI is InChI=1S/C8H4F3IN2/c9-6-5(12)3-4(1-2-13)14-7(6)8(10)11/h3,8H,1H2. The maximum atomic E-state index is 13.0. The van der Waals surface area contributed by atoms with Crippen LogP contribution in [0.2, 0.25) is 0 Å². The number of pyridine rings is 1. The van der Waals surface area contributed by atoms with Gasteiger partial charge in [0, 0.05) is 0 Å². The van der Waals surface area contributed by atoms with Gasteiger partial charge in [-0.25, -0.2) is 18.2 Å². The van der Waals surface area contributed by atoms with E-state index >= 15 is 0 Å². The molecule has 1 heterocycles. The molecular weight excluding hydrogens is 308 g/mol. The molecule has 74 valence electrons. The molecule has 0 amide bonds. The molecule has 0 unspecified atom stereocenters. The predicted molar refractivity (Wildman–Crippen MR) is 51.2 cm³/mol. The van der Waals surface area contributed by atoms with Crippen LogP contribution in [0.5, 0.6) is 0 Å². The number of alkyl halides is 2. The van der Waals surface area contributed by atoms with Crippen LogP contribution in [0.3, 0.4) is 0 Å². The number of aromatic nitrogens is 1. The maximum Gasteiger partial charge on any atom is 0.283 e. The third kappa shape index (κ3) is 2.35. The van der Waals surface area contributed by atoms with Crippen LogP contribution in [-0.4, -0.2) is 4.98 Å². The van der Waals surface area contributed by atoms with Crippen molar-refractivity contribution in [3.63, 3.8) is 0 Å². The van der Waals surface area contributed by atoms with E-state index in [1.165, 1.54) is 6.07 Å². The highest BCUT2D eigenvalue weighted by Gasteiger charge is 2.18. The second-order valence-corrected chi connectivity index (χ2v) is 3.59. The van der Waals surface area contributed by atoms with Crippen molar-refractivity contribution in [3.05, 3.63) is 26.8 Å². The molecule has 0 aliphatic carbocycles. The van der Waals surface area contributed by atoms with Crippen LogP contribution in [0.25, 0.3) is 0 Å². The Labute approximate surface area is 91.9 Å². The number of nitriles is 1. The van der Waals surface area contributed by atoms with Gasteiger partial charge in [0.2, 0.25) is 0 Å². The van der Waals surface area contributed by atoms with Crippen molar-refractivity contribution in [1.82, 2.24) is 4.98 Å². The van der Waals surface area contributed by atoms with E-state index in [1.807, 2.05) is 0 Å². The lowest BCUT2D eigenvalue weighted by Gasteiger charge is -2.04. The Morgan fingerprint density at radius 1 is 1.57 bits per heavy atom. The van der Waals surface area contributed by atoms with Gasteiger partial charge in [-0.3, -0.25) is 0 Å². The zero-order valence-corrected chi connectivity index (χ0v) is 8.93. The Kier molecular flexibility index (Phi) is 3.69. The van der Waals surface area contributed by atoms with Crippen LogP contribution in [0, 0.1) is 20.7 Å². The molecule has 0 N–H and O–H groups in total. The van der Waals surface area contributed by atoms with Crippen molar-refractivity contribution in [2.24, 2.45) is 0 Å². The minimum absolute atomic E-state index is 0.0538. The molecule has 0 aromatic carbocycles. The molecule has 0 fully saturated rings. The largest absolute Gasteiger partial charge is 0.283 e. The summed E-state index contributed by atoms with van der Waals surface area (Å²) in [4.78, 5) is 3.37. The topological polar surface area (TPSA) is 36.7 Å². The summed E-state index contributed by atoms with van der Waals surface area (Å²) in [6.07, 6.45) is -3.06. The number of nitrogens with zero attached hydrogens (tertiary/aromatic N) is 2. The second-order valence-electron chi connectivity index (χ2n) is 2.43. The van der Waals surface area contributed by atoms with E-state index in [4.69, 9.17) is 5.26 Å². The van der Waals surface area contributed by atoms with Gasteiger partial charge in [-0.1, -0.05) is 0 Å². The zero-order chi connectivity index (χ0) is 10.7. The Morgan fingerprint density at radius 3 is 2.71 bits per heavy atom. The van der Waals surface area contributed by atoms with Crippen molar-refractivity contribution in [2.75, 3.05) is 0 Å². The predicted octanol–water partition coefficient (Wildman–Crippen LogP) is 2.83. The van der Waals surface area contributed by atoms with Crippen molar-refractivity contribution in [1.29, 1.82) is 5.26 Å². The SMILES string of the molecule is N#CCc1cc(I)c(F)c(C(F)F)n1. The van der Waals surface area contributed by atoms with Gasteiger partial charge in [0.25, 0.3) is 6.43 Å². The fraction of sp³-hybridized carbons (Fsp3) is 0.250. The first-order valence-corrected chi connectivity index (χ1v) is 4.64. The third-order valence-corrected chi connectivity index (χ3v) is 2.24. The van der Waals surface area contributed by atoms with Gasteiger partial charge in [-0.15, -0.1) is 0 Å². The number of hydrogen-bond donors (Lipinski definition) is 0. The van der Waals surface area contributed by atoms with Gasteiger partial charge < -0.3 is 0 Å². The number of halogens is 4. The highest BCUT2D eigenvalue weighted by molar-refractivity contribution is 14.1.